The van der Waals surface area contributed by atoms with Crippen LogP contribution in [0.3, 0.4) is 0 Å². The van der Waals surface area contributed by atoms with Gasteiger partial charge in [-0.15, -0.1) is 11.8 Å². The van der Waals surface area contributed by atoms with E-state index >= 15 is 0 Å². The third-order valence-electron chi connectivity index (χ3n) is 3.11. The molecule has 0 fully saturated rings. The highest BCUT2D eigenvalue weighted by atomic mass is 32.2. The van der Waals surface area contributed by atoms with Crippen molar-refractivity contribution in [3.05, 3.63) is 10.6 Å². The molecular formula is C12H21NOS. The minimum Gasteiger partial charge on any atom is -0.374 e. The second-order valence-corrected chi connectivity index (χ2v) is 6.00. The van der Waals surface area contributed by atoms with E-state index in [1.54, 1.807) is 4.91 Å². The molecule has 0 saturated carbocycles. The van der Waals surface area contributed by atoms with E-state index in [2.05, 4.69) is 25.7 Å². The molecule has 0 atom stereocenters. The molecule has 0 spiro atoms. The predicted molar refractivity (Wildman–Crippen MR) is 65.7 cm³/mol. The molecule has 3 heteroatoms. The van der Waals surface area contributed by atoms with E-state index in [0.29, 0.717) is 0 Å². The molecule has 0 aromatic rings. The largest absolute Gasteiger partial charge is 0.374 e. The van der Waals surface area contributed by atoms with E-state index in [1.807, 2.05) is 11.8 Å². The van der Waals surface area contributed by atoms with Gasteiger partial charge >= 0.3 is 0 Å². The average Bonchev–Trinajstić information content (AvgIpc) is 2.59. The summed E-state index contributed by atoms with van der Waals surface area (Å²) in [5.74, 6) is 1.14. The molecular weight excluding hydrogens is 206 g/mol. The van der Waals surface area contributed by atoms with Gasteiger partial charge in [-0.25, -0.2) is 0 Å². The van der Waals surface area contributed by atoms with Crippen LogP contribution in [-0.4, -0.2) is 30.5 Å². The van der Waals surface area contributed by atoms with Gasteiger partial charge in [0.2, 0.25) is 0 Å². The molecule has 0 aliphatic carbocycles. The van der Waals surface area contributed by atoms with Gasteiger partial charge < -0.3 is 9.64 Å². The van der Waals surface area contributed by atoms with Gasteiger partial charge in [0.05, 0.1) is 24.8 Å². The molecule has 0 unspecified atom stereocenters. The highest BCUT2D eigenvalue weighted by Crippen LogP contribution is 2.46. The second-order valence-electron chi connectivity index (χ2n) is 5.04. The first kappa shape index (κ1) is 11.3. The van der Waals surface area contributed by atoms with Crippen molar-refractivity contribution in [2.75, 3.05) is 25.6 Å². The molecule has 0 aromatic heterocycles. The van der Waals surface area contributed by atoms with Gasteiger partial charge in [-0.1, -0.05) is 27.2 Å². The van der Waals surface area contributed by atoms with Crippen LogP contribution in [0.15, 0.2) is 10.6 Å². The van der Waals surface area contributed by atoms with Gasteiger partial charge in [0.25, 0.3) is 0 Å². The van der Waals surface area contributed by atoms with Gasteiger partial charge in [-0.2, -0.15) is 0 Å². The van der Waals surface area contributed by atoms with Crippen LogP contribution in [0.1, 0.15) is 33.6 Å². The van der Waals surface area contributed by atoms with Crippen molar-refractivity contribution in [3.63, 3.8) is 0 Å². The minimum atomic E-state index is 0.235. The molecule has 0 saturated heterocycles. The monoisotopic (exact) mass is 227 g/mol. The van der Waals surface area contributed by atoms with Crippen molar-refractivity contribution in [2.24, 2.45) is 5.41 Å². The number of rotatable bonds is 3. The van der Waals surface area contributed by atoms with Crippen LogP contribution >= 0.6 is 11.8 Å². The zero-order valence-electron chi connectivity index (χ0n) is 10.0. The Labute approximate surface area is 97.0 Å². The fourth-order valence-electron chi connectivity index (χ4n) is 2.21. The zero-order valence-corrected chi connectivity index (χ0v) is 10.8. The van der Waals surface area contributed by atoms with Crippen LogP contribution in [0.4, 0.5) is 0 Å². The molecule has 2 aliphatic rings. The Bertz CT molecular complexity index is 273. The van der Waals surface area contributed by atoms with E-state index in [1.165, 1.54) is 25.1 Å². The summed E-state index contributed by atoms with van der Waals surface area (Å²) in [6.07, 6.45) is 2.56. The molecule has 0 radical (unpaired) electrons. The van der Waals surface area contributed by atoms with Crippen LogP contribution in [0.5, 0.6) is 0 Å². The third-order valence-corrected chi connectivity index (χ3v) is 4.62. The SMILES string of the molecule is CCCCN1CSC2=C1COCC2(C)C. The van der Waals surface area contributed by atoms with Crippen molar-refractivity contribution < 1.29 is 4.74 Å². The summed E-state index contributed by atoms with van der Waals surface area (Å²) < 4.78 is 5.70. The van der Waals surface area contributed by atoms with Gasteiger partial charge in [0, 0.05) is 16.9 Å². The van der Waals surface area contributed by atoms with Crippen molar-refractivity contribution in [1.82, 2.24) is 4.90 Å². The Kier molecular flexibility index (Phi) is 3.31. The van der Waals surface area contributed by atoms with Gasteiger partial charge in [0.1, 0.15) is 0 Å². The Hall–Kier alpha value is -0.150. The van der Waals surface area contributed by atoms with Crippen molar-refractivity contribution in [3.8, 4) is 0 Å². The lowest BCUT2D eigenvalue weighted by atomic mass is 9.91. The number of thioether (sulfide) groups is 1. The molecule has 2 heterocycles. The first-order valence-corrected chi connectivity index (χ1v) is 6.83. The van der Waals surface area contributed by atoms with Crippen molar-refractivity contribution >= 4 is 11.8 Å². The topological polar surface area (TPSA) is 12.5 Å². The predicted octanol–water partition coefficient (Wildman–Crippen LogP) is 3.06. The lowest BCUT2D eigenvalue weighted by molar-refractivity contribution is 0.0674. The summed E-state index contributed by atoms with van der Waals surface area (Å²) in [6.45, 7) is 9.73. The smallest absolute Gasteiger partial charge is 0.0873 e. The van der Waals surface area contributed by atoms with Crippen LogP contribution in [-0.2, 0) is 4.74 Å². The lowest BCUT2D eigenvalue weighted by Crippen LogP contribution is -2.31. The Balaban J connectivity index is 2.11. The summed E-state index contributed by atoms with van der Waals surface area (Å²) in [5.41, 5.74) is 1.70. The fourth-order valence-corrected chi connectivity index (χ4v) is 3.58. The fraction of sp³-hybridized carbons (Fsp3) is 0.833. The van der Waals surface area contributed by atoms with E-state index in [0.717, 1.165) is 19.1 Å². The molecule has 2 rings (SSSR count). The number of nitrogens with zero attached hydrogens (tertiary/aromatic N) is 1. The highest BCUT2D eigenvalue weighted by molar-refractivity contribution is 8.03. The molecule has 2 aliphatic heterocycles. The number of hydrogen-bond acceptors (Lipinski definition) is 3. The average molecular weight is 227 g/mol. The van der Waals surface area contributed by atoms with E-state index in [9.17, 15) is 0 Å². The number of unbranched alkanes of at least 4 members (excludes halogenated alkanes) is 1. The van der Waals surface area contributed by atoms with Gasteiger partial charge in [0.15, 0.2) is 0 Å². The van der Waals surface area contributed by atoms with Crippen LogP contribution in [0.2, 0.25) is 0 Å². The maximum Gasteiger partial charge on any atom is 0.0873 e. The summed E-state index contributed by atoms with van der Waals surface area (Å²) in [5, 5.41) is 0. The summed E-state index contributed by atoms with van der Waals surface area (Å²) in [4.78, 5) is 4.08. The van der Waals surface area contributed by atoms with E-state index in [-0.39, 0.29) is 5.41 Å². The molecule has 0 N–H and O–H groups in total. The van der Waals surface area contributed by atoms with Gasteiger partial charge in [-0.3, -0.25) is 0 Å². The maximum absolute atomic E-state index is 5.70. The van der Waals surface area contributed by atoms with Crippen molar-refractivity contribution in [1.29, 1.82) is 0 Å². The van der Waals surface area contributed by atoms with Crippen LogP contribution in [0, 0.1) is 5.41 Å². The van der Waals surface area contributed by atoms with Crippen LogP contribution in [0.25, 0.3) is 0 Å². The molecule has 0 amide bonds. The second kappa shape index (κ2) is 4.38. The molecule has 0 bridgehead atoms. The Morgan fingerprint density at radius 2 is 2.27 bits per heavy atom. The van der Waals surface area contributed by atoms with E-state index < -0.39 is 0 Å². The molecule has 2 nitrogen and oxygen atoms in total. The molecule has 86 valence electrons. The minimum absolute atomic E-state index is 0.235. The van der Waals surface area contributed by atoms with Crippen LogP contribution < -0.4 is 0 Å². The molecule has 15 heavy (non-hydrogen) atoms. The Morgan fingerprint density at radius 3 is 3.00 bits per heavy atom. The lowest BCUT2D eigenvalue weighted by Gasteiger charge is -2.32. The standard InChI is InChI=1S/C12H21NOS/c1-4-5-6-13-9-15-11-10(13)7-14-8-12(11,2)3/h4-9H2,1-3H3. The van der Waals surface area contributed by atoms with Gasteiger partial charge in [-0.05, 0) is 6.42 Å². The first-order chi connectivity index (χ1) is 7.15. The summed E-state index contributed by atoms with van der Waals surface area (Å²) >= 11 is 2.02. The quantitative estimate of drug-likeness (QED) is 0.735. The summed E-state index contributed by atoms with van der Waals surface area (Å²) in [6, 6.07) is 0. The molecule has 0 aromatic carbocycles. The third kappa shape index (κ3) is 2.18. The van der Waals surface area contributed by atoms with E-state index in [4.69, 9.17) is 4.74 Å². The van der Waals surface area contributed by atoms with Crippen molar-refractivity contribution in [2.45, 2.75) is 33.6 Å². The number of ether oxygens (including phenoxy) is 1. The number of hydrogen-bond donors (Lipinski definition) is 0. The normalized spacial score (nSPS) is 24.6. The first-order valence-electron chi connectivity index (χ1n) is 5.84. The Morgan fingerprint density at radius 1 is 1.47 bits per heavy atom. The zero-order chi connectivity index (χ0) is 10.9. The maximum atomic E-state index is 5.70. The highest BCUT2D eigenvalue weighted by Gasteiger charge is 2.36. The summed E-state index contributed by atoms with van der Waals surface area (Å²) in [7, 11) is 0.